The fraction of sp³-hybridized carbons (Fsp3) is 0.550. The van der Waals surface area contributed by atoms with Crippen molar-refractivity contribution >= 4 is 41.3 Å². The molecule has 2 atom stereocenters. The quantitative estimate of drug-likeness (QED) is 0.423. The van der Waals surface area contributed by atoms with Crippen molar-refractivity contribution in [3.8, 4) is 5.75 Å². The van der Waals surface area contributed by atoms with Crippen molar-refractivity contribution in [3.63, 3.8) is 0 Å². The second-order valence-corrected chi connectivity index (χ2v) is 9.92. The lowest BCUT2D eigenvalue weighted by molar-refractivity contribution is -0.141. The number of esters is 1. The molecule has 0 spiro atoms. The van der Waals surface area contributed by atoms with Gasteiger partial charge >= 0.3 is 5.97 Å². The zero-order valence-electron chi connectivity index (χ0n) is 15.1. The third-order valence-corrected chi connectivity index (χ3v) is 8.58. The van der Waals surface area contributed by atoms with Gasteiger partial charge < -0.3 is 4.74 Å². The molecule has 5 nitrogen and oxygen atoms in total. The Kier molecular flexibility index (Phi) is 5.78. The molecule has 1 aromatic rings. The van der Waals surface area contributed by atoms with Crippen LogP contribution in [0.25, 0.3) is 0 Å². The van der Waals surface area contributed by atoms with E-state index in [0.29, 0.717) is 10.3 Å². The number of rotatable bonds is 5. The molecule has 2 aliphatic heterocycles. The van der Waals surface area contributed by atoms with Crippen LogP contribution in [0.3, 0.4) is 0 Å². The number of likely N-dealkylation sites (tertiary alicyclic amines) is 1. The zero-order valence-corrected chi connectivity index (χ0v) is 16.7. The van der Waals surface area contributed by atoms with E-state index >= 15 is 0 Å². The number of hydrogen-bond donors (Lipinski definition) is 0. The molecule has 1 aromatic carbocycles. The average Bonchev–Trinajstić information content (AvgIpc) is 3.30. The Labute approximate surface area is 167 Å². The fourth-order valence-corrected chi connectivity index (χ4v) is 6.94. The van der Waals surface area contributed by atoms with E-state index < -0.39 is 5.97 Å². The van der Waals surface area contributed by atoms with E-state index in [1.807, 2.05) is 47.8 Å². The lowest BCUT2D eigenvalue weighted by Gasteiger charge is -2.19. The number of carbonyl (C=O) groups excluding carboxylic acids is 3. The summed E-state index contributed by atoms with van der Waals surface area (Å²) in [6, 6.07) is 7.62. The first-order valence-corrected chi connectivity index (χ1v) is 11.6. The van der Waals surface area contributed by atoms with E-state index in [1.54, 1.807) is 0 Å². The van der Waals surface area contributed by atoms with Gasteiger partial charge in [0, 0.05) is 18.1 Å². The van der Waals surface area contributed by atoms with Crippen molar-refractivity contribution in [2.45, 2.75) is 36.7 Å². The van der Waals surface area contributed by atoms with Gasteiger partial charge in [-0.25, -0.2) is 0 Å². The van der Waals surface area contributed by atoms with Crippen LogP contribution in [0, 0.1) is 11.8 Å². The van der Waals surface area contributed by atoms with Gasteiger partial charge in [-0.1, -0.05) is 25.0 Å². The summed E-state index contributed by atoms with van der Waals surface area (Å²) in [5.74, 6) is 1.89. The molecule has 4 rings (SSSR count). The average molecular weight is 406 g/mol. The van der Waals surface area contributed by atoms with Crippen LogP contribution in [-0.2, 0) is 14.4 Å². The minimum Gasteiger partial charge on any atom is -0.426 e. The summed E-state index contributed by atoms with van der Waals surface area (Å²) in [6.45, 7) is 0.122. The maximum Gasteiger partial charge on any atom is 0.312 e. The highest BCUT2D eigenvalue weighted by atomic mass is 32.2. The Hall–Kier alpha value is -1.47. The summed E-state index contributed by atoms with van der Waals surface area (Å²) in [4.78, 5) is 38.3. The number of ether oxygens (including phenoxy) is 1. The Morgan fingerprint density at radius 3 is 2.19 bits per heavy atom. The number of hydrogen-bond acceptors (Lipinski definition) is 6. The van der Waals surface area contributed by atoms with Gasteiger partial charge in [-0.2, -0.15) is 0 Å². The summed E-state index contributed by atoms with van der Waals surface area (Å²) in [7, 11) is 0. The van der Waals surface area contributed by atoms with Gasteiger partial charge in [0.25, 0.3) is 0 Å². The third-order valence-electron chi connectivity index (χ3n) is 5.48. The SMILES string of the molecule is O=C(CCN1C(=O)[C@H]2CCCC[C@@H]2C1=O)Oc1ccc(C2SCCS2)cc1. The van der Waals surface area contributed by atoms with Gasteiger partial charge in [-0.15, -0.1) is 23.5 Å². The second kappa shape index (κ2) is 8.27. The smallest absolute Gasteiger partial charge is 0.312 e. The van der Waals surface area contributed by atoms with Crippen molar-refractivity contribution in [3.05, 3.63) is 29.8 Å². The van der Waals surface area contributed by atoms with Crippen LogP contribution in [0.1, 0.15) is 42.2 Å². The molecule has 3 aliphatic rings. The maximum atomic E-state index is 12.4. The van der Waals surface area contributed by atoms with E-state index in [9.17, 15) is 14.4 Å². The molecular formula is C20H23NO4S2. The van der Waals surface area contributed by atoms with Gasteiger partial charge in [-0.05, 0) is 30.5 Å². The minimum atomic E-state index is -0.414. The van der Waals surface area contributed by atoms with E-state index in [1.165, 1.54) is 22.0 Å². The molecule has 144 valence electrons. The summed E-state index contributed by atoms with van der Waals surface area (Å²) in [5, 5.41) is 0. The first kappa shape index (κ1) is 18.9. The summed E-state index contributed by atoms with van der Waals surface area (Å²) >= 11 is 3.86. The molecule has 7 heteroatoms. The van der Waals surface area contributed by atoms with E-state index in [4.69, 9.17) is 4.74 Å². The molecule has 0 N–H and O–H groups in total. The lowest BCUT2D eigenvalue weighted by atomic mass is 9.81. The van der Waals surface area contributed by atoms with Crippen LogP contribution in [0.15, 0.2) is 24.3 Å². The Morgan fingerprint density at radius 1 is 1.00 bits per heavy atom. The van der Waals surface area contributed by atoms with E-state index in [-0.39, 0.29) is 36.6 Å². The summed E-state index contributed by atoms with van der Waals surface area (Å²) in [5.41, 5.74) is 1.23. The standard InChI is InChI=1S/C20H23NO4S2/c22-17(25-14-7-5-13(6-8-14)20-26-11-12-27-20)9-10-21-18(23)15-3-1-2-4-16(15)19(21)24/h5-8,15-16,20H,1-4,9-12H2/t15-,16-/m0/s1. The summed E-state index contributed by atoms with van der Waals surface area (Å²) in [6.07, 6.45) is 3.63. The molecule has 1 saturated carbocycles. The molecule has 0 bridgehead atoms. The van der Waals surface area contributed by atoms with Crippen LogP contribution in [-0.4, -0.2) is 40.7 Å². The first-order valence-electron chi connectivity index (χ1n) is 9.52. The normalized spacial score (nSPS) is 25.7. The van der Waals surface area contributed by atoms with Crippen LogP contribution in [0.2, 0.25) is 0 Å². The highest BCUT2D eigenvalue weighted by molar-refractivity contribution is 8.19. The lowest BCUT2D eigenvalue weighted by Crippen LogP contribution is -2.33. The monoisotopic (exact) mass is 405 g/mol. The topological polar surface area (TPSA) is 63.7 Å². The Morgan fingerprint density at radius 2 is 1.59 bits per heavy atom. The van der Waals surface area contributed by atoms with Crippen LogP contribution in [0.5, 0.6) is 5.75 Å². The third kappa shape index (κ3) is 4.04. The van der Waals surface area contributed by atoms with Crippen LogP contribution in [0.4, 0.5) is 0 Å². The van der Waals surface area contributed by atoms with Gasteiger partial charge in [-0.3, -0.25) is 19.3 Å². The molecule has 2 heterocycles. The number of nitrogens with zero attached hydrogens (tertiary/aromatic N) is 1. The van der Waals surface area contributed by atoms with Crippen molar-refractivity contribution in [1.82, 2.24) is 4.90 Å². The minimum absolute atomic E-state index is 0.0347. The highest BCUT2D eigenvalue weighted by Crippen LogP contribution is 2.45. The molecular weight excluding hydrogens is 382 g/mol. The summed E-state index contributed by atoms with van der Waals surface area (Å²) < 4.78 is 5.84. The van der Waals surface area contributed by atoms with Crippen molar-refractivity contribution in [2.24, 2.45) is 11.8 Å². The number of carbonyl (C=O) groups is 3. The molecule has 3 fully saturated rings. The van der Waals surface area contributed by atoms with E-state index in [0.717, 1.165) is 25.7 Å². The molecule has 2 amide bonds. The number of fused-ring (bicyclic) bond motifs is 1. The molecule has 0 radical (unpaired) electrons. The predicted molar refractivity (Wildman–Crippen MR) is 107 cm³/mol. The van der Waals surface area contributed by atoms with Gasteiger partial charge in [0.15, 0.2) is 0 Å². The molecule has 27 heavy (non-hydrogen) atoms. The number of thioether (sulfide) groups is 2. The number of amides is 2. The highest BCUT2D eigenvalue weighted by Gasteiger charge is 2.47. The van der Waals surface area contributed by atoms with Crippen molar-refractivity contribution in [1.29, 1.82) is 0 Å². The first-order chi connectivity index (χ1) is 13.1. The molecule has 0 aromatic heterocycles. The zero-order chi connectivity index (χ0) is 18.8. The van der Waals surface area contributed by atoms with Crippen LogP contribution >= 0.6 is 23.5 Å². The molecule has 0 unspecified atom stereocenters. The Balaban J connectivity index is 1.29. The van der Waals surface area contributed by atoms with Gasteiger partial charge in [0.05, 0.1) is 22.8 Å². The van der Waals surface area contributed by atoms with Crippen LogP contribution < -0.4 is 4.74 Å². The largest absolute Gasteiger partial charge is 0.426 e. The number of imide groups is 1. The molecule has 2 saturated heterocycles. The van der Waals surface area contributed by atoms with Gasteiger partial charge in [0.2, 0.25) is 11.8 Å². The fourth-order valence-electron chi connectivity index (χ4n) is 4.08. The molecule has 1 aliphatic carbocycles. The second-order valence-electron chi connectivity index (χ2n) is 7.19. The Bertz CT molecular complexity index is 706. The number of benzene rings is 1. The maximum absolute atomic E-state index is 12.4. The van der Waals surface area contributed by atoms with E-state index in [2.05, 4.69) is 0 Å². The predicted octanol–water partition coefficient (Wildman–Crippen LogP) is 3.64. The van der Waals surface area contributed by atoms with Gasteiger partial charge in [0.1, 0.15) is 5.75 Å². The van der Waals surface area contributed by atoms with Crippen molar-refractivity contribution < 1.29 is 19.1 Å². The van der Waals surface area contributed by atoms with Crippen molar-refractivity contribution in [2.75, 3.05) is 18.1 Å².